The number of aryl methyl sites for hydroxylation is 1. The Labute approximate surface area is 112 Å². The van der Waals surface area contributed by atoms with Crippen LogP contribution in [-0.4, -0.2) is 16.9 Å². The van der Waals surface area contributed by atoms with E-state index in [1.807, 2.05) is 39.0 Å². The average Bonchev–Trinajstić information content (AvgIpc) is 2.66. The lowest BCUT2D eigenvalue weighted by molar-refractivity contribution is 0.0934. The van der Waals surface area contributed by atoms with E-state index in [2.05, 4.69) is 10.3 Å². The van der Waals surface area contributed by atoms with E-state index in [1.54, 1.807) is 0 Å². The fourth-order valence-corrected chi connectivity index (χ4v) is 2.11. The molecule has 0 spiro atoms. The van der Waals surface area contributed by atoms with E-state index in [1.165, 1.54) is 0 Å². The lowest BCUT2D eigenvalue weighted by atomic mass is 10.1. The Morgan fingerprint density at radius 3 is 2.89 bits per heavy atom. The summed E-state index contributed by atoms with van der Waals surface area (Å²) in [4.78, 5) is 15.3. The molecule has 2 rings (SSSR count). The van der Waals surface area contributed by atoms with E-state index in [4.69, 9.17) is 11.6 Å². The topological polar surface area (TPSA) is 44.9 Å². The normalized spacial score (nSPS) is 12.7. The molecule has 1 atom stereocenters. The second-order valence-corrected chi connectivity index (χ2v) is 5.03. The van der Waals surface area contributed by atoms with Crippen LogP contribution in [0.3, 0.4) is 0 Å². The maximum absolute atomic E-state index is 12.1. The van der Waals surface area contributed by atoms with Crippen molar-refractivity contribution in [2.75, 3.05) is 0 Å². The lowest BCUT2D eigenvalue weighted by Gasteiger charge is -2.10. The smallest absolute Gasteiger partial charge is 0.268 e. The minimum atomic E-state index is -0.0610. The number of nitrogens with one attached hydrogen (secondary N) is 2. The molecule has 1 aromatic heterocycles. The lowest BCUT2D eigenvalue weighted by Crippen LogP contribution is -2.32. The third-order valence-electron chi connectivity index (χ3n) is 3.24. The van der Waals surface area contributed by atoms with Crippen molar-refractivity contribution in [2.45, 2.75) is 33.2 Å². The zero-order valence-electron chi connectivity index (χ0n) is 10.8. The third-order valence-corrected chi connectivity index (χ3v) is 3.47. The molecule has 0 aliphatic heterocycles. The molecule has 18 heavy (non-hydrogen) atoms. The summed E-state index contributed by atoms with van der Waals surface area (Å²) in [7, 11) is 0. The summed E-state index contributed by atoms with van der Waals surface area (Å²) >= 11 is 5.95. The molecule has 2 aromatic rings. The largest absolute Gasteiger partial charge is 0.350 e. The van der Waals surface area contributed by atoms with E-state index in [0.29, 0.717) is 10.7 Å². The Hall–Kier alpha value is -1.48. The predicted molar refractivity (Wildman–Crippen MR) is 75.3 cm³/mol. The molecule has 4 heteroatoms. The number of amides is 1. The number of carbonyl (C=O) groups excluding carboxylic acids is 1. The van der Waals surface area contributed by atoms with Gasteiger partial charge in [-0.3, -0.25) is 4.79 Å². The number of hydrogen-bond donors (Lipinski definition) is 2. The molecule has 2 N–H and O–H groups in total. The van der Waals surface area contributed by atoms with Gasteiger partial charge in [0.1, 0.15) is 5.69 Å². The molecular formula is C14H17ClN2O. The first-order valence-electron chi connectivity index (χ1n) is 6.11. The summed E-state index contributed by atoms with van der Waals surface area (Å²) in [5.41, 5.74) is 2.48. The summed E-state index contributed by atoms with van der Waals surface area (Å²) in [6.07, 6.45) is 0.914. The van der Waals surface area contributed by atoms with Gasteiger partial charge in [0.05, 0.1) is 0 Å². The Morgan fingerprint density at radius 1 is 1.50 bits per heavy atom. The van der Waals surface area contributed by atoms with Gasteiger partial charge in [0, 0.05) is 22.0 Å². The van der Waals surface area contributed by atoms with Crippen LogP contribution in [0.15, 0.2) is 18.2 Å². The van der Waals surface area contributed by atoms with Gasteiger partial charge in [-0.2, -0.15) is 0 Å². The minimum Gasteiger partial charge on any atom is -0.350 e. The summed E-state index contributed by atoms with van der Waals surface area (Å²) in [5.74, 6) is -0.0610. The molecule has 3 nitrogen and oxygen atoms in total. The SMILES string of the molecule is CCC(C)NC(=O)c1[nH]c2cc(Cl)ccc2c1C. The monoisotopic (exact) mass is 264 g/mol. The van der Waals surface area contributed by atoms with Crippen molar-refractivity contribution in [3.63, 3.8) is 0 Å². The second kappa shape index (κ2) is 5.02. The fourth-order valence-electron chi connectivity index (χ4n) is 1.94. The van der Waals surface area contributed by atoms with Crippen LogP contribution in [-0.2, 0) is 0 Å². The number of halogens is 1. The van der Waals surface area contributed by atoms with Crippen LogP contribution in [0.5, 0.6) is 0 Å². The maximum atomic E-state index is 12.1. The zero-order chi connectivity index (χ0) is 13.3. The first kappa shape index (κ1) is 13.0. The highest BCUT2D eigenvalue weighted by molar-refractivity contribution is 6.31. The van der Waals surface area contributed by atoms with E-state index in [9.17, 15) is 4.79 Å². The van der Waals surface area contributed by atoms with Gasteiger partial charge in [0.15, 0.2) is 0 Å². The summed E-state index contributed by atoms with van der Waals surface area (Å²) < 4.78 is 0. The van der Waals surface area contributed by atoms with Crippen LogP contribution in [0, 0.1) is 6.92 Å². The number of fused-ring (bicyclic) bond motifs is 1. The molecule has 0 radical (unpaired) electrons. The molecule has 0 aliphatic carbocycles. The number of rotatable bonds is 3. The zero-order valence-corrected chi connectivity index (χ0v) is 11.6. The number of hydrogen-bond acceptors (Lipinski definition) is 1. The molecule has 1 aromatic carbocycles. The molecule has 1 unspecified atom stereocenters. The van der Waals surface area contributed by atoms with Crippen molar-refractivity contribution >= 4 is 28.4 Å². The summed E-state index contributed by atoms with van der Waals surface area (Å²) in [5, 5.41) is 4.66. The highest BCUT2D eigenvalue weighted by Crippen LogP contribution is 2.24. The quantitative estimate of drug-likeness (QED) is 0.873. The molecule has 0 saturated carbocycles. The highest BCUT2D eigenvalue weighted by atomic mass is 35.5. The van der Waals surface area contributed by atoms with Crippen molar-refractivity contribution < 1.29 is 4.79 Å². The standard InChI is InChI=1S/C14H17ClN2O/c1-4-8(2)16-14(18)13-9(3)11-6-5-10(15)7-12(11)17-13/h5-8,17H,4H2,1-3H3,(H,16,18). The Bertz CT molecular complexity index is 589. The first-order chi connectivity index (χ1) is 8.52. The molecule has 0 fully saturated rings. The van der Waals surface area contributed by atoms with Gasteiger partial charge in [0.25, 0.3) is 5.91 Å². The van der Waals surface area contributed by atoms with E-state index >= 15 is 0 Å². The molecule has 0 saturated heterocycles. The average molecular weight is 265 g/mol. The van der Waals surface area contributed by atoms with E-state index in [0.717, 1.165) is 22.9 Å². The first-order valence-corrected chi connectivity index (χ1v) is 6.49. The fraction of sp³-hybridized carbons (Fsp3) is 0.357. The van der Waals surface area contributed by atoms with Crippen molar-refractivity contribution in [1.29, 1.82) is 0 Å². The molecule has 0 aliphatic rings. The Balaban J connectivity index is 2.39. The van der Waals surface area contributed by atoms with Gasteiger partial charge >= 0.3 is 0 Å². The molecule has 1 heterocycles. The van der Waals surface area contributed by atoms with Gasteiger partial charge in [0.2, 0.25) is 0 Å². The number of benzene rings is 1. The van der Waals surface area contributed by atoms with Crippen molar-refractivity contribution in [3.05, 3.63) is 34.5 Å². The summed E-state index contributed by atoms with van der Waals surface area (Å²) in [6, 6.07) is 5.78. The van der Waals surface area contributed by atoms with Crippen molar-refractivity contribution in [1.82, 2.24) is 10.3 Å². The maximum Gasteiger partial charge on any atom is 0.268 e. The molecule has 0 bridgehead atoms. The van der Waals surface area contributed by atoms with Crippen LogP contribution in [0.1, 0.15) is 36.3 Å². The number of H-pyrrole nitrogens is 1. The van der Waals surface area contributed by atoms with E-state index < -0.39 is 0 Å². The molecule has 96 valence electrons. The number of aromatic amines is 1. The van der Waals surface area contributed by atoms with Crippen LogP contribution in [0.25, 0.3) is 10.9 Å². The van der Waals surface area contributed by atoms with Crippen LogP contribution < -0.4 is 5.32 Å². The summed E-state index contributed by atoms with van der Waals surface area (Å²) in [6.45, 7) is 5.98. The number of aromatic nitrogens is 1. The van der Waals surface area contributed by atoms with Crippen LogP contribution in [0.4, 0.5) is 0 Å². The molecular weight excluding hydrogens is 248 g/mol. The van der Waals surface area contributed by atoms with Gasteiger partial charge in [-0.25, -0.2) is 0 Å². The second-order valence-electron chi connectivity index (χ2n) is 4.60. The highest BCUT2D eigenvalue weighted by Gasteiger charge is 2.15. The Morgan fingerprint density at radius 2 is 2.22 bits per heavy atom. The van der Waals surface area contributed by atoms with Crippen molar-refractivity contribution in [2.24, 2.45) is 0 Å². The van der Waals surface area contributed by atoms with Gasteiger partial charge in [-0.1, -0.05) is 24.6 Å². The van der Waals surface area contributed by atoms with Crippen LogP contribution in [0.2, 0.25) is 5.02 Å². The van der Waals surface area contributed by atoms with Gasteiger partial charge in [-0.15, -0.1) is 0 Å². The molecule has 1 amide bonds. The Kier molecular flexibility index (Phi) is 3.62. The van der Waals surface area contributed by atoms with E-state index in [-0.39, 0.29) is 11.9 Å². The third kappa shape index (κ3) is 2.36. The number of carbonyl (C=O) groups is 1. The van der Waals surface area contributed by atoms with Gasteiger partial charge in [-0.05, 0) is 38.0 Å². The van der Waals surface area contributed by atoms with Crippen LogP contribution >= 0.6 is 11.6 Å². The predicted octanol–water partition coefficient (Wildman–Crippen LogP) is 3.66. The van der Waals surface area contributed by atoms with Crippen molar-refractivity contribution in [3.8, 4) is 0 Å². The minimum absolute atomic E-state index is 0.0610. The van der Waals surface area contributed by atoms with Gasteiger partial charge < -0.3 is 10.3 Å².